The molecule has 28 heavy (non-hydrogen) atoms. The van der Waals surface area contributed by atoms with Crippen LogP contribution in [0.25, 0.3) is 0 Å². The van der Waals surface area contributed by atoms with Gasteiger partial charge in [-0.3, -0.25) is 9.78 Å². The second-order valence-electron chi connectivity index (χ2n) is 8.22. The van der Waals surface area contributed by atoms with Gasteiger partial charge in [0.15, 0.2) is 0 Å². The predicted octanol–water partition coefficient (Wildman–Crippen LogP) is 5.01. The zero-order valence-electron chi connectivity index (χ0n) is 17.3. The van der Waals surface area contributed by atoms with E-state index in [1.165, 1.54) is 18.4 Å². The first kappa shape index (κ1) is 20.4. The van der Waals surface area contributed by atoms with Gasteiger partial charge in [0.25, 0.3) is 0 Å². The van der Waals surface area contributed by atoms with E-state index in [4.69, 9.17) is 4.74 Å². The molecular formula is C24H32N2O2. The van der Waals surface area contributed by atoms with Crippen molar-refractivity contribution < 1.29 is 9.53 Å². The lowest BCUT2D eigenvalue weighted by Crippen LogP contribution is -2.37. The number of benzene rings is 1. The topological polar surface area (TPSA) is 42.4 Å². The molecule has 0 aliphatic heterocycles. The Morgan fingerprint density at radius 1 is 1.25 bits per heavy atom. The summed E-state index contributed by atoms with van der Waals surface area (Å²) in [6.45, 7) is 7.48. The van der Waals surface area contributed by atoms with Crippen molar-refractivity contribution in [1.29, 1.82) is 0 Å². The third-order valence-corrected chi connectivity index (χ3v) is 5.84. The molecule has 4 nitrogen and oxygen atoms in total. The molecule has 0 saturated heterocycles. The number of rotatable bonds is 7. The lowest BCUT2D eigenvalue weighted by atomic mass is 9.79. The van der Waals surface area contributed by atoms with Crippen LogP contribution in [0.4, 0.5) is 0 Å². The van der Waals surface area contributed by atoms with E-state index < -0.39 is 0 Å². The Hall–Kier alpha value is -2.36. The van der Waals surface area contributed by atoms with E-state index in [1.54, 1.807) is 19.3 Å². The van der Waals surface area contributed by atoms with Gasteiger partial charge in [0.1, 0.15) is 5.75 Å². The number of carbonyl (C=O) groups is 1. The summed E-state index contributed by atoms with van der Waals surface area (Å²) >= 11 is 0. The van der Waals surface area contributed by atoms with Crippen LogP contribution in [-0.4, -0.2) is 28.4 Å². The molecule has 1 aliphatic rings. The van der Waals surface area contributed by atoms with Crippen molar-refractivity contribution in [2.24, 2.45) is 11.8 Å². The van der Waals surface area contributed by atoms with Crippen LogP contribution in [0.3, 0.4) is 0 Å². The normalized spacial score (nSPS) is 20.4. The highest BCUT2D eigenvalue weighted by Crippen LogP contribution is 2.33. The molecule has 1 aromatic heterocycles. The smallest absolute Gasteiger partial charge is 0.219 e. The highest BCUT2D eigenvalue weighted by atomic mass is 16.5. The number of ether oxygens (including phenoxy) is 1. The van der Waals surface area contributed by atoms with Crippen LogP contribution in [0.15, 0.2) is 48.8 Å². The third kappa shape index (κ3) is 5.82. The van der Waals surface area contributed by atoms with E-state index in [0.717, 1.165) is 30.7 Å². The highest BCUT2D eigenvalue weighted by molar-refractivity contribution is 5.73. The van der Waals surface area contributed by atoms with Gasteiger partial charge in [0.2, 0.25) is 5.91 Å². The molecule has 3 rings (SSSR count). The summed E-state index contributed by atoms with van der Waals surface area (Å²) in [5, 5.41) is 0. The number of nitrogens with zero attached hydrogens (tertiary/aromatic N) is 2. The van der Waals surface area contributed by atoms with Gasteiger partial charge >= 0.3 is 0 Å². The SMILES string of the molecule is CC(=O)N(Cc1ccncc1)CC(C)[C@H]1CCC[C@@H](Oc2cccc(C)c2)C1. The van der Waals surface area contributed by atoms with Crippen LogP contribution >= 0.6 is 0 Å². The van der Waals surface area contributed by atoms with Gasteiger partial charge in [-0.25, -0.2) is 0 Å². The quantitative estimate of drug-likeness (QED) is 0.678. The lowest BCUT2D eigenvalue weighted by molar-refractivity contribution is -0.130. The summed E-state index contributed by atoms with van der Waals surface area (Å²) in [6, 6.07) is 12.3. The second-order valence-corrected chi connectivity index (χ2v) is 8.22. The standard InChI is InChI=1S/C24H32N2O2/c1-18-6-4-8-23(14-18)28-24-9-5-7-22(15-24)19(2)16-26(20(3)27)17-21-10-12-25-13-11-21/h4,6,8,10-14,19,22,24H,5,7,9,15-17H2,1-3H3/t19?,22-,24+/m0/s1. The maximum absolute atomic E-state index is 12.2. The number of hydrogen-bond donors (Lipinski definition) is 0. The molecule has 2 aromatic rings. The zero-order chi connectivity index (χ0) is 19.9. The molecule has 1 amide bonds. The number of pyridine rings is 1. The number of aromatic nitrogens is 1. The maximum Gasteiger partial charge on any atom is 0.219 e. The van der Waals surface area contributed by atoms with E-state index in [0.29, 0.717) is 18.4 Å². The fourth-order valence-corrected chi connectivity index (χ4v) is 4.20. The molecular weight excluding hydrogens is 348 g/mol. The van der Waals surface area contributed by atoms with Crippen LogP contribution in [0.2, 0.25) is 0 Å². The van der Waals surface area contributed by atoms with Crippen molar-refractivity contribution in [2.75, 3.05) is 6.54 Å². The van der Waals surface area contributed by atoms with Gasteiger partial charge in [-0.15, -0.1) is 0 Å². The summed E-state index contributed by atoms with van der Waals surface area (Å²) in [7, 11) is 0. The Morgan fingerprint density at radius 3 is 2.75 bits per heavy atom. The number of aryl methyl sites for hydroxylation is 1. The first-order valence-electron chi connectivity index (χ1n) is 10.4. The first-order chi connectivity index (χ1) is 13.5. The van der Waals surface area contributed by atoms with Crippen LogP contribution in [0, 0.1) is 18.8 Å². The Kier molecular flexibility index (Phi) is 7.07. The average Bonchev–Trinajstić information content (AvgIpc) is 2.68. The van der Waals surface area contributed by atoms with Crippen molar-refractivity contribution >= 4 is 5.91 Å². The van der Waals surface area contributed by atoms with Gasteiger partial charge in [-0.1, -0.05) is 19.1 Å². The van der Waals surface area contributed by atoms with E-state index in [2.05, 4.69) is 37.0 Å². The molecule has 1 aromatic carbocycles. The van der Waals surface area contributed by atoms with E-state index >= 15 is 0 Å². The molecule has 0 radical (unpaired) electrons. The first-order valence-corrected chi connectivity index (χ1v) is 10.4. The van der Waals surface area contributed by atoms with E-state index in [-0.39, 0.29) is 12.0 Å². The third-order valence-electron chi connectivity index (χ3n) is 5.84. The van der Waals surface area contributed by atoms with Gasteiger partial charge < -0.3 is 9.64 Å². The van der Waals surface area contributed by atoms with Crippen molar-refractivity contribution in [3.63, 3.8) is 0 Å². The van der Waals surface area contributed by atoms with Gasteiger partial charge in [-0.2, -0.15) is 0 Å². The molecule has 0 N–H and O–H groups in total. The Morgan fingerprint density at radius 2 is 2.04 bits per heavy atom. The molecule has 0 bridgehead atoms. The molecule has 1 unspecified atom stereocenters. The number of amides is 1. The van der Waals surface area contributed by atoms with Crippen LogP contribution < -0.4 is 4.74 Å². The summed E-state index contributed by atoms with van der Waals surface area (Å²) < 4.78 is 6.28. The predicted molar refractivity (Wildman–Crippen MR) is 112 cm³/mol. The van der Waals surface area contributed by atoms with Crippen molar-refractivity contribution in [2.45, 2.75) is 59.1 Å². The number of hydrogen-bond acceptors (Lipinski definition) is 3. The monoisotopic (exact) mass is 380 g/mol. The van der Waals surface area contributed by atoms with E-state index in [1.807, 2.05) is 23.1 Å². The fraction of sp³-hybridized carbons (Fsp3) is 0.500. The largest absolute Gasteiger partial charge is 0.490 e. The average molecular weight is 381 g/mol. The highest BCUT2D eigenvalue weighted by Gasteiger charge is 2.29. The molecule has 0 spiro atoms. The number of carbonyl (C=O) groups excluding carboxylic acids is 1. The van der Waals surface area contributed by atoms with Crippen LogP contribution in [-0.2, 0) is 11.3 Å². The summed E-state index contributed by atoms with van der Waals surface area (Å²) in [4.78, 5) is 18.2. The fourth-order valence-electron chi connectivity index (χ4n) is 4.20. The van der Waals surface area contributed by atoms with E-state index in [9.17, 15) is 4.79 Å². The molecule has 1 aliphatic carbocycles. The zero-order valence-corrected chi connectivity index (χ0v) is 17.3. The van der Waals surface area contributed by atoms with Gasteiger partial charge in [0.05, 0.1) is 6.10 Å². The van der Waals surface area contributed by atoms with Crippen molar-refractivity contribution in [3.05, 3.63) is 59.9 Å². The molecule has 1 saturated carbocycles. The van der Waals surface area contributed by atoms with Crippen LogP contribution in [0.1, 0.15) is 50.7 Å². The molecule has 4 heteroatoms. The minimum Gasteiger partial charge on any atom is -0.490 e. The van der Waals surface area contributed by atoms with Crippen LogP contribution in [0.5, 0.6) is 5.75 Å². The molecule has 1 heterocycles. The summed E-state index contributed by atoms with van der Waals surface area (Å²) in [5.74, 6) is 2.14. The Labute approximate surface area is 168 Å². The minimum atomic E-state index is 0.132. The van der Waals surface area contributed by atoms with Gasteiger partial charge in [-0.05, 0) is 79.8 Å². The molecule has 1 fully saturated rings. The minimum absolute atomic E-state index is 0.132. The summed E-state index contributed by atoms with van der Waals surface area (Å²) in [5.41, 5.74) is 2.35. The van der Waals surface area contributed by atoms with Crippen molar-refractivity contribution in [3.8, 4) is 5.75 Å². The Balaban J connectivity index is 1.57. The second kappa shape index (κ2) is 9.72. The van der Waals surface area contributed by atoms with Gasteiger partial charge in [0, 0.05) is 32.4 Å². The maximum atomic E-state index is 12.2. The molecule has 150 valence electrons. The summed E-state index contributed by atoms with van der Waals surface area (Å²) in [6.07, 6.45) is 8.43. The lowest BCUT2D eigenvalue weighted by Gasteiger charge is -2.35. The Bertz CT molecular complexity index is 762. The molecule has 3 atom stereocenters. The van der Waals surface area contributed by atoms with Crippen molar-refractivity contribution in [1.82, 2.24) is 9.88 Å².